The molecule has 2 atom stereocenters. The molecule has 1 heterocycles. The lowest BCUT2D eigenvalue weighted by Gasteiger charge is -2.30. The molecular weight excluding hydrogens is 254 g/mol. The summed E-state index contributed by atoms with van der Waals surface area (Å²) in [4.78, 5) is 14.1. The van der Waals surface area contributed by atoms with Gasteiger partial charge in [0, 0.05) is 18.0 Å². The van der Waals surface area contributed by atoms with Gasteiger partial charge in [-0.25, -0.2) is 4.79 Å². The predicted octanol–water partition coefficient (Wildman–Crippen LogP) is 2.56. The fourth-order valence-electron chi connectivity index (χ4n) is 3.68. The molecular formula is C16H21NO3. The van der Waals surface area contributed by atoms with E-state index in [0.717, 1.165) is 31.2 Å². The standard InChI is InChI=1S/C16H21NO3/c18-12-16-8-4-7-14(16)17(10-9-16)15(19)20-11-13-5-2-1-3-6-13/h1-3,5-6,14,18H,4,7-12H2/t14-,16-/m1/s1. The van der Waals surface area contributed by atoms with E-state index in [1.54, 1.807) is 0 Å². The Morgan fingerprint density at radius 3 is 2.90 bits per heavy atom. The molecule has 1 saturated carbocycles. The van der Waals surface area contributed by atoms with Crippen molar-refractivity contribution in [3.63, 3.8) is 0 Å². The first-order valence-electron chi connectivity index (χ1n) is 7.33. The zero-order valence-corrected chi connectivity index (χ0v) is 11.6. The summed E-state index contributed by atoms with van der Waals surface area (Å²) in [5, 5.41) is 9.66. The number of aliphatic hydroxyl groups excluding tert-OH is 1. The van der Waals surface area contributed by atoms with Crippen molar-refractivity contribution in [2.24, 2.45) is 5.41 Å². The first kappa shape index (κ1) is 13.4. The summed E-state index contributed by atoms with van der Waals surface area (Å²) < 4.78 is 5.42. The van der Waals surface area contributed by atoms with Gasteiger partial charge in [-0.1, -0.05) is 36.8 Å². The first-order chi connectivity index (χ1) is 9.75. The van der Waals surface area contributed by atoms with Crippen LogP contribution in [0.25, 0.3) is 0 Å². The third-order valence-corrected chi connectivity index (χ3v) is 4.84. The van der Waals surface area contributed by atoms with Crippen molar-refractivity contribution in [2.45, 2.75) is 38.3 Å². The SMILES string of the molecule is O=C(OCc1ccccc1)N1CC[C@@]2(CO)CCC[C@@H]12. The number of hydrogen-bond donors (Lipinski definition) is 1. The smallest absolute Gasteiger partial charge is 0.410 e. The van der Waals surface area contributed by atoms with Gasteiger partial charge >= 0.3 is 6.09 Å². The molecule has 1 aliphatic carbocycles. The highest BCUT2D eigenvalue weighted by molar-refractivity contribution is 5.68. The zero-order valence-electron chi connectivity index (χ0n) is 11.6. The van der Waals surface area contributed by atoms with E-state index in [1.165, 1.54) is 0 Å². The highest BCUT2D eigenvalue weighted by Gasteiger charge is 2.51. The van der Waals surface area contributed by atoms with Crippen molar-refractivity contribution in [1.82, 2.24) is 4.90 Å². The second-order valence-electron chi connectivity index (χ2n) is 5.91. The average Bonchev–Trinajstić information content (AvgIpc) is 3.04. The van der Waals surface area contributed by atoms with E-state index in [9.17, 15) is 9.90 Å². The van der Waals surface area contributed by atoms with Crippen molar-refractivity contribution in [2.75, 3.05) is 13.2 Å². The summed E-state index contributed by atoms with van der Waals surface area (Å²) >= 11 is 0. The Hall–Kier alpha value is -1.55. The Labute approximate surface area is 119 Å². The summed E-state index contributed by atoms with van der Waals surface area (Å²) in [5.74, 6) is 0. The van der Waals surface area contributed by atoms with Crippen LogP contribution < -0.4 is 0 Å². The lowest BCUT2D eigenvalue weighted by atomic mass is 9.83. The summed E-state index contributed by atoms with van der Waals surface area (Å²) in [7, 11) is 0. The van der Waals surface area contributed by atoms with Gasteiger partial charge in [-0.2, -0.15) is 0 Å². The maximum atomic E-state index is 12.2. The topological polar surface area (TPSA) is 49.8 Å². The molecule has 3 rings (SSSR count). The second kappa shape index (κ2) is 5.44. The summed E-state index contributed by atoms with van der Waals surface area (Å²) in [5.41, 5.74) is 0.936. The molecule has 20 heavy (non-hydrogen) atoms. The molecule has 108 valence electrons. The number of carbonyl (C=O) groups excluding carboxylic acids is 1. The van der Waals surface area contributed by atoms with Crippen LogP contribution in [-0.4, -0.2) is 35.3 Å². The normalized spacial score (nSPS) is 28.4. The number of nitrogens with zero attached hydrogens (tertiary/aromatic N) is 1. The average molecular weight is 275 g/mol. The predicted molar refractivity (Wildman–Crippen MR) is 75.1 cm³/mol. The van der Waals surface area contributed by atoms with Crippen molar-refractivity contribution in [1.29, 1.82) is 0 Å². The van der Waals surface area contributed by atoms with Crippen molar-refractivity contribution in [3.8, 4) is 0 Å². The number of benzene rings is 1. The molecule has 1 aromatic carbocycles. The second-order valence-corrected chi connectivity index (χ2v) is 5.91. The van der Waals surface area contributed by atoms with Gasteiger partial charge in [-0.05, 0) is 24.8 Å². The van der Waals surface area contributed by atoms with Crippen LogP contribution in [-0.2, 0) is 11.3 Å². The molecule has 2 aliphatic rings. The van der Waals surface area contributed by atoms with E-state index in [-0.39, 0.29) is 24.2 Å². The number of likely N-dealkylation sites (tertiary alicyclic amines) is 1. The fourth-order valence-corrected chi connectivity index (χ4v) is 3.68. The highest BCUT2D eigenvalue weighted by atomic mass is 16.6. The number of amides is 1. The number of carbonyl (C=O) groups is 1. The van der Waals surface area contributed by atoms with E-state index in [1.807, 2.05) is 35.2 Å². The molecule has 1 aromatic rings. The van der Waals surface area contributed by atoms with Gasteiger partial charge in [0.1, 0.15) is 6.61 Å². The number of fused-ring (bicyclic) bond motifs is 1. The van der Waals surface area contributed by atoms with Gasteiger partial charge in [-0.15, -0.1) is 0 Å². The highest BCUT2D eigenvalue weighted by Crippen LogP contribution is 2.48. The minimum absolute atomic E-state index is 0.0637. The monoisotopic (exact) mass is 275 g/mol. The number of hydrogen-bond acceptors (Lipinski definition) is 3. The molecule has 1 amide bonds. The van der Waals surface area contributed by atoms with Crippen molar-refractivity contribution >= 4 is 6.09 Å². The first-order valence-corrected chi connectivity index (χ1v) is 7.33. The Morgan fingerprint density at radius 2 is 2.15 bits per heavy atom. The lowest BCUT2D eigenvalue weighted by molar-refractivity contribution is 0.0683. The molecule has 2 fully saturated rings. The molecule has 1 aliphatic heterocycles. The minimum atomic E-state index is -0.240. The molecule has 0 spiro atoms. The third kappa shape index (κ3) is 2.29. The van der Waals surface area contributed by atoms with E-state index in [2.05, 4.69) is 0 Å². The van der Waals surface area contributed by atoms with Gasteiger partial charge in [-0.3, -0.25) is 0 Å². The van der Waals surface area contributed by atoms with Crippen LogP contribution in [0.1, 0.15) is 31.2 Å². The van der Waals surface area contributed by atoms with E-state index < -0.39 is 0 Å². The zero-order chi connectivity index (χ0) is 14.0. The maximum Gasteiger partial charge on any atom is 0.410 e. The fraction of sp³-hybridized carbons (Fsp3) is 0.562. The number of ether oxygens (including phenoxy) is 1. The summed E-state index contributed by atoms with van der Waals surface area (Å²) in [6, 6.07) is 9.88. The Kier molecular flexibility index (Phi) is 3.66. The van der Waals surface area contributed by atoms with Crippen molar-refractivity contribution in [3.05, 3.63) is 35.9 Å². The molecule has 4 nitrogen and oxygen atoms in total. The van der Waals surface area contributed by atoms with E-state index in [0.29, 0.717) is 13.2 Å². The van der Waals surface area contributed by atoms with Crippen LogP contribution in [0.3, 0.4) is 0 Å². The molecule has 1 N–H and O–H groups in total. The molecule has 0 radical (unpaired) electrons. The quantitative estimate of drug-likeness (QED) is 0.922. The maximum absolute atomic E-state index is 12.2. The van der Waals surface area contributed by atoms with Gasteiger partial charge in [0.25, 0.3) is 0 Å². The van der Waals surface area contributed by atoms with Crippen molar-refractivity contribution < 1.29 is 14.6 Å². The Balaban J connectivity index is 1.61. The van der Waals surface area contributed by atoms with Crippen LogP contribution in [0.4, 0.5) is 4.79 Å². The summed E-state index contributed by atoms with van der Waals surface area (Å²) in [6.07, 6.45) is 3.76. The molecule has 0 bridgehead atoms. The number of aliphatic hydroxyl groups is 1. The van der Waals surface area contributed by atoms with Gasteiger partial charge < -0.3 is 14.7 Å². The van der Waals surface area contributed by atoms with E-state index >= 15 is 0 Å². The Bertz CT molecular complexity index is 476. The number of rotatable bonds is 3. The lowest BCUT2D eigenvalue weighted by Crippen LogP contribution is -2.41. The van der Waals surface area contributed by atoms with Crippen LogP contribution in [0.15, 0.2) is 30.3 Å². The molecule has 0 aromatic heterocycles. The van der Waals surface area contributed by atoms with Crippen LogP contribution in [0, 0.1) is 5.41 Å². The summed E-state index contributed by atoms with van der Waals surface area (Å²) in [6.45, 7) is 1.20. The largest absolute Gasteiger partial charge is 0.445 e. The van der Waals surface area contributed by atoms with E-state index in [4.69, 9.17) is 4.74 Å². The van der Waals surface area contributed by atoms with Crippen LogP contribution >= 0.6 is 0 Å². The molecule has 4 heteroatoms. The van der Waals surface area contributed by atoms with Gasteiger partial charge in [0.05, 0.1) is 6.61 Å². The van der Waals surface area contributed by atoms with Gasteiger partial charge in [0.15, 0.2) is 0 Å². The van der Waals surface area contributed by atoms with Crippen LogP contribution in [0.2, 0.25) is 0 Å². The Morgan fingerprint density at radius 1 is 1.35 bits per heavy atom. The minimum Gasteiger partial charge on any atom is -0.445 e. The third-order valence-electron chi connectivity index (χ3n) is 4.84. The van der Waals surface area contributed by atoms with Gasteiger partial charge in [0.2, 0.25) is 0 Å². The van der Waals surface area contributed by atoms with Crippen LogP contribution in [0.5, 0.6) is 0 Å². The molecule has 0 unspecified atom stereocenters. The molecule has 1 saturated heterocycles.